The minimum Gasteiger partial charge on any atom is -0.493 e. The Bertz CT molecular complexity index is 1340. The Kier molecular flexibility index (Phi) is 7.04. The Morgan fingerprint density at radius 1 is 1.20 bits per heavy atom. The van der Waals surface area contributed by atoms with Crippen molar-refractivity contribution in [3.05, 3.63) is 53.5 Å². The zero-order valence-corrected chi connectivity index (χ0v) is 20.2. The number of nitrogens with zero attached hydrogens (tertiary/aromatic N) is 3. The van der Waals surface area contributed by atoms with Crippen LogP contribution in [0, 0.1) is 5.82 Å². The smallest absolute Gasteiger partial charge is 0.266 e. The van der Waals surface area contributed by atoms with Crippen LogP contribution in [-0.4, -0.2) is 55.5 Å². The van der Waals surface area contributed by atoms with Crippen molar-refractivity contribution < 1.29 is 31.1 Å². The third-order valence-electron chi connectivity index (χ3n) is 5.93. The van der Waals surface area contributed by atoms with E-state index in [1.54, 1.807) is 19.1 Å². The highest BCUT2D eigenvalue weighted by Gasteiger charge is 2.30. The maximum atomic E-state index is 14.7. The van der Waals surface area contributed by atoms with E-state index in [4.69, 9.17) is 9.47 Å². The van der Waals surface area contributed by atoms with Crippen molar-refractivity contribution in [2.75, 3.05) is 31.8 Å². The molecule has 1 aliphatic heterocycles. The van der Waals surface area contributed by atoms with Gasteiger partial charge < -0.3 is 14.8 Å². The van der Waals surface area contributed by atoms with Crippen LogP contribution >= 0.6 is 0 Å². The first-order valence-electron chi connectivity index (χ1n) is 10.9. The lowest BCUT2D eigenvalue weighted by Gasteiger charge is -2.20. The van der Waals surface area contributed by atoms with Crippen LogP contribution in [0.4, 0.5) is 18.9 Å². The third kappa shape index (κ3) is 5.27. The molecule has 1 N–H and O–H groups in total. The molecule has 4 rings (SSSR count). The van der Waals surface area contributed by atoms with E-state index in [-0.39, 0.29) is 18.2 Å². The van der Waals surface area contributed by atoms with Crippen molar-refractivity contribution in [1.29, 1.82) is 0 Å². The van der Waals surface area contributed by atoms with E-state index in [1.807, 2.05) is 0 Å². The molecule has 1 saturated heterocycles. The van der Waals surface area contributed by atoms with E-state index in [0.717, 1.165) is 12.3 Å². The molecule has 3 aromatic rings. The number of methoxy groups -OCH3 is 1. The summed E-state index contributed by atoms with van der Waals surface area (Å²) in [5, 5.41) is 11.8. The van der Waals surface area contributed by atoms with Crippen LogP contribution < -0.4 is 14.8 Å². The van der Waals surface area contributed by atoms with Gasteiger partial charge in [0.15, 0.2) is 11.5 Å². The predicted octanol–water partition coefficient (Wildman–Crippen LogP) is 4.30. The first-order valence-corrected chi connectivity index (χ1v) is 12.7. The van der Waals surface area contributed by atoms with Gasteiger partial charge in [-0.2, -0.15) is 14.5 Å². The lowest BCUT2D eigenvalue weighted by molar-refractivity contribution is 0.146. The van der Waals surface area contributed by atoms with Gasteiger partial charge >= 0.3 is 0 Å². The summed E-state index contributed by atoms with van der Waals surface area (Å²) in [6, 6.07) is 6.55. The number of sulfonamides is 1. The molecule has 2 atom stereocenters. The molecule has 1 aliphatic rings. The molecule has 0 saturated carbocycles. The first-order chi connectivity index (χ1) is 16.6. The van der Waals surface area contributed by atoms with Gasteiger partial charge in [-0.3, -0.25) is 0 Å². The topological polar surface area (TPSA) is 93.7 Å². The fourth-order valence-electron chi connectivity index (χ4n) is 4.09. The summed E-state index contributed by atoms with van der Waals surface area (Å²) < 4.78 is 77.5. The third-order valence-corrected chi connectivity index (χ3v) is 7.20. The number of fused-ring (bicyclic) bond motifs is 1. The van der Waals surface area contributed by atoms with Crippen LogP contribution in [0.5, 0.6) is 11.5 Å². The summed E-state index contributed by atoms with van der Waals surface area (Å²) in [6.45, 7) is 2.23. The average Bonchev–Trinajstić information content (AvgIpc) is 3.28. The average molecular weight is 511 g/mol. The monoisotopic (exact) mass is 510 g/mol. The summed E-state index contributed by atoms with van der Waals surface area (Å²) in [6.07, 6.45) is -0.168. The Hall–Kier alpha value is -3.12. The van der Waals surface area contributed by atoms with E-state index in [1.165, 1.54) is 29.7 Å². The molecule has 0 radical (unpaired) electrons. The zero-order chi connectivity index (χ0) is 25.3. The van der Waals surface area contributed by atoms with Crippen LogP contribution in [0.15, 0.2) is 36.5 Å². The van der Waals surface area contributed by atoms with Gasteiger partial charge in [-0.05, 0) is 19.4 Å². The number of alkyl halides is 2. The van der Waals surface area contributed by atoms with Crippen LogP contribution in [-0.2, 0) is 10.0 Å². The predicted molar refractivity (Wildman–Crippen MR) is 125 cm³/mol. The molecule has 1 aromatic heterocycles. The number of halogens is 3. The summed E-state index contributed by atoms with van der Waals surface area (Å²) >= 11 is 0. The molecule has 8 nitrogen and oxygen atoms in total. The van der Waals surface area contributed by atoms with Crippen molar-refractivity contribution >= 4 is 26.6 Å². The standard InChI is InChI=1S/C23H25F3N4O4S/c1-13(15-5-4-6-16(22(15)24)23(25)26)28-19-11-27-29-18-10-20(33-2)21(9-17(18)19)34-14-7-8-30(12-14)35(3,31)32/h4-6,9-11,13-14,23H,7-8,12H2,1-3H3,(H,28,29)/t13-,14+/m1/s1. The molecule has 2 heterocycles. The largest absolute Gasteiger partial charge is 0.493 e. The molecule has 0 unspecified atom stereocenters. The van der Waals surface area contributed by atoms with E-state index in [2.05, 4.69) is 15.5 Å². The number of hydrogen-bond donors (Lipinski definition) is 1. The molecule has 35 heavy (non-hydrogen) atoms. The lowest BCUT2D eigenvalue weighted by atomic mass is 10.0. The van der Waals surface area contributed by atoms with Gasteiger partial charge in [-0.15, -0.1) is 0 Å². The summed E-state index contributed by atoms with van der Waals surface area (Å²) in [5.41, 5.74) is 0.386. The number of hydrogen-bond acceptors (Lipinski definition) is 7. The highest BCUT2D eigenvalue weighted by molar-refractivity contribution is 7.88. The van der Waals surface area contributed by atoms with Gasteiger partial charge in [-0.25, -0.2) is 21.6 Å². The van der Waals surface area contributed by atoms with Crippen LogP contribution in [0.3, 0.4) is 0 Å². The van der Waals surface area contributed by atoms with Gasteiger partial charge in [0.05, 0.1) is 48.9 Å². The number of anilines is 1. The number of aromatic nitrogens is 2. The SMILES string of the molecule is COc1cc2nncc(N[C@H](C)c3cccc(C(F)F)c3F)c2cc1O[C@H]1CCN(S(C)(=O)=O)C1. The number of ether oxygens (including phenoxy) is 2. The van der Waals surface area contributed by atoms with Crippen molar-refractivity contribution in [2.45, 2.75) is 31.9 Å². The summed E-state index contributed by atoms with van der Waals surface area (Å²) in [7, 11) is -1.85. The molecule has 0 bridgehead atoms. The summed E-state index contributed by atoms with van der Waals surface area (Å²) in [4.78, 5) is 0. The van der Waals surface area contributed by atoms with E-state index in [9.17, 15) is 21.6 Å². The molecule has 0 aliphatic carbocycles. The van der Waals surface area contributed by atoms with E-state index >= 15 is 0 Å². The van der Waals surface area contributed by atoms with Crippen molar-refractivity contribution in [3.63, 3.8) is 0 Å². The maximum absolute atomic E-state index is 14.7. The van der Waals surface area contributed by atoms with Crippen LogP contribution in [0.2, 0.25) is 0 Å². The fourth-order valence-corrected chi connectivity index (χ4v) is 4.96. The second-order valence-corrected chi connectivity index (χ2v) is 10.3. The summed E-state index contributed by atoms with van der Waals surface area (Å²) in [5.74, 6) is -0.184. The molecule has 188 valence electrons. The van der Waals surface area contributed by atoms with Gasteiger partial charge in [0, 0.05) is 23.6 Å². The van der Waals surface area contributed by atoms with E-state index in [0.29, 0.717) is 41.1 Å². The quantitative estimate of drug-likeness (QED) is 0.483. The second kappa shape index (κ2) is 9.86. The molecule has 12 heteroatoms. The minimum atomic E-state index is -3.32. The number of benzene rings is 2. The molecule has 0 amide bonds. The van der Waals surface area contributed by atoms with Crippen LogP contribution in [0.25, 0.3) is 10.9 Å². The minimum absolute atomic E-state index is 0.0876. The Morgan fingerprint density at radius 2 is 1.94 bits per heavy atom. The first kappa shape index (κ1) is 25.0. The highest BCUT2D eigenvalue weighted by Crippen LogP contribution is 2.37. The Morgan fingerprint density at radius 3 is 2.60 bits per heavy atom. The molecule has 0 spiro atoms. The lowest BCUT2D eigenvalue weighted by Crippen LogP contribution is -2.29. The van der Waals surface area contributed by atoms with Gasteiger partial charge in [-0.1, -0.05) is 18.2 Å². The molecular formula is C23H25F3N4O4S. The van der Waals surface area contributed by atoms with Gasteiger partial charge in [0.25, 0.3) is 6.43 Å². The normalized spacial score (nSPS) is 17.6. The highest BCUT2D eigenvalue weighted by atomic mass is 32.2. The maximum Gasteiger partial charge on any atom is 0.266 e. The molecular weight excluding hydrogens is 485 g/mol. The van der Waals surface area contributed by atoms with E-state index < -0.39 is 33.9 Å². The Balaban J connectivity index is 1.64. The van der Waals surface area contributed by atoms with Crippen molar-refractivity contribution in [2.24, 2.45) is 0 Å². The molecule has 1 fully saturated rings. The van der Waals surface area contributed by atoms with Crippen molar-refractivity contribution in [1.82, 2.24) is 14.5 Å². The fraction of sp³-hybridized carbons (Fsp3) is 0.391. The second-order valence-electron chi connectivity index (χ2n) is 8.35. The number of nitrogens with one attached hydrogen (secondary N) is 1. The number of rotatable bonds is 8. The van der Waals surface area contributed by atoms with Gasteiger partial charge in [0.2, 0.25) is 10.0 Å². The molecule has 2 aromatic carbocycles. The zero-order valence-electron chi connectivity index (χ0n) is 19.3. The van der Waals surface area contributed by atoms with Crippen LogP contribution in [0.1, 0.15) is 36.9 Å². The van der Waals surface area contributed by atoms with Gasteiger partial charge in [0.1, 0.15) is 11.9 Å². The Labute approximate surface area is 201 Å². The van der Waals surface area contributed by atoms with Crippen molar-refractivity contribution in [3.8, 4) is 11.5 Å².